The molecule has 0 heterocycles. The number of methoxy groups -OCH3 is 2. The van der Waals surface area contributed by atoms with Crippen molar-refractivity contribution in [3.8, 4) is 0 Å². The van der Waals surface area contributed by atoms with Gasteiger partial charge >= 0.3 is 11.9 Å². The number of nitrogens with two attached hydrogens (primary N) is 1. The Balaban J connectivity index is 3.07. The van der Waals surface area contributed by atoms with Crippen LogP contribution in [0.1, 0.15) is 41.0 Å². The van der Waals surface area contributed by atoms with E-state index in [-0.39, 0.29) is 22.7 Å². The van der Waals surface area contributed by atoms with Gasteiger partial charge in [-0.25, -0.2) is 9.59 Å². The molecule has 0 aliphatic carbocycles. The molecule has 0 radical (unpaired) electrons. The number of esters is 2. The van der Waals surface area contributed by atoms with Gasteiger partial charge in [0.15, 0.2) is 0 Å². The van der Waals surface area contributed by atoms with Gasteiger partial charge in [-0.1, -0.05) is 13.8 Å². The zero-order valence-electron chi connectivity index (χ0n) is 13.7. The number of carbonyl (C=O) groups is 3. The first-order valence-electron chi connectivity index (χ1n) is 7.16. The second kappa shape index (κ2) is 8.28. The molecule has 0 bridgehead atoms. The van der Waals surface area contributed by atoms with Crippen molar-refractivity contribution in [3.05, 3.63) is 29.3 Å². The first-order chi connectivity index (χ1) is 10.8. The van der Waals surface area contributed by atoms with Crippen LogP contribution in [0.5, 0.6) is 0 Å². The van der Waals surface area contributed by atoms with Gasteiger partial charge in [-0.15, -0.1) is 0 Å². The van der Waals surface area contributed by atoms with Crippen LogP contribution < -0.4 is 11.1 Å². The molecule has 0 saturated heterocycles. The minimum atomic E-state index is -0.682. The van der Waals surface area contributed by atoms with Crippen LogP contribution in [0.4, 0.5) is 5.69 Å². The molecule has 0 aliphatic heterocycles. The van der Waals surface area contributed by atoms with Crippen molar-refractivity contribution < 1.29 is 23.9 Å². The molecule has 126 valence electrons. The lowest BCUT2D eigenvalue weighted by Crippen LogP contribution is -2.36. The number of rotatable bonds is 6. The molecule has 0 aromatic heterocycles. The predicted molar refractivity (Wildman–Crippen MR) is 85.2 cm³/mol. The minimum Gasteiger partial charge on any atom is -0.465 e. The van der Waals surface area contributed by atoms with Crippen molar-refractivity contribution in [1.82, 2.24) is 0 Å². The Morgan fingerprint density at radius 2 is 1.52 bits per heavy atom. The highest BCUT2D eigenvalue weighted by Gasteiger charge is 2.18. The van der Waals surface area contributed by atoms with E-state index >= 15 is 0 Å². The highest BCUT2D eigenvalue weighted by atomic mass is 16.5. The Bertz CT molecular complexity index is 564. The summed E-state index contributed by atoms with van der Waals surface area (Å²) in [7, 11) is 2.45. The highest BCUT2D eigenvalue weighted by molar-refractivity contribution is 6.00. The van der Waals surface area contributed by atoms with Crippen molar-refractivity contribution in [2.24, 2.45) is 11.7 Å². The second-order valence-electron chi connectivity index (χ2n) is 5.51. The topological polar surface area (TPSA) is 108 Å². The van der Waals surface area contributed by atoms with Crippen LogP contribution >= 0.6 is 0 Å². The largest absolute Gasteiger partial charge is 0.465 e. The summed E-state index contributed by atoms with van der Waals surface area (Å²) in [5.41, 5.74) is 6.35. The number of hydrogen-bond donors (Lipinski definition) is 2. The monoisotopic (exact) mass is 322 g/mol. The molecule has 0 fully saturated rings. The molecular weight excluding hydrogens is 300 g/mol. The SMILES string of the molecule is COC(=O)c1cc(NC(=O)[C@@H](N)CC(C)C)cc(C(=O)OC)c1. The third-order valence-corrected chi connectivity index (χ3v) is 3.10. The number of anilines is 1. The number of carbonyl (C=O) groups excluding carboxylic acids is 3. The molecule has 0 unspecified atom stereocenters. The fraction of sp³-hybridized carbons (Fsp3) is 0.438. The van der Waals surface area contributed by atoms with Gasteiger partial charge in [-0.2, -0.15) is 0 Å². The molecule has 0 aliphatic rings. The number of amides is 1. The Labute approximate surface area is 135 Å². The smallest absolute Gasteiger partial charge is 0.337 e. The molecule has 0 spiro atoms. The van der Waals surface area contributed by atoms with E-state index < -0.39 is 23.9 Å². The van der Waals surface area contributed by atoms with Gasteiger partial charge in [-0.3, -0.25) is 4.79 Å². The zero-order chi connectivity index (χ0) is 17.6. The summed E-state index contributed by atoms with van der Waals surface area (Å²) in [6, 6.07) is 3.48. The van der Waals surface area contributed by atoms with Crippen molar-refractivity contribution in [2.45, 2.75) is 26.3 Å². The predicted octanol–water partition coefficient (Wildman–Crippen LogP) is 1.57. The Kier molecular flexibility index (Phi) is 6.71. The van der Waals surface area contributed by atoms with E-state index in [1.165, 1.54) is 32.4 Å². The van der Waals surface area contributed by atoms with Crippen LogP contribution in [-0.4, -0.2) is 38.1 Å². The fourth-order valence-corrected chi connectivity index (χ4v) is 2.02. The first kappa shape index (κ1) is 18.6. The van der Waals surface area contributed by atoms with Crippen LogP contribution in [0.3, 0.4) is 0 Å². The normalized spacial score (nSPS) is 11.7. The Hall–Kier alpha value is -2.41. The molecular formula is C16H22N2O5. The number of hydrogen-bond acceptors (Lipinski definition) is 6. The van der Waals surface area contributed by atoms with E-state index in [9.17, 15) is 14.4 Å². The fourth-order valence-electron chi connectivity index (χ4n) is 2.02. The standard InChI is InChI=1S/C16H22N2O5/c1-9(2)5-13(17)14(19)18-12-7-10(15(20)22-3)6-11(8-12)16(21)23-4/h6-9,13H,5,17H2,1-4H3,(H,18,19)/t13-/m0/s1. The molecule has 7 heteroatoms. The van der Waals surface area contributed by atoms with E-state index in [1.807, 2.05) is 13.8 Å². The third-order valence-electron chi connectivity index (χ3n) is 3.10. The van der Waals surface area contributed by atoms with Crippen LogP contribution in [0, 0.1) is 5.92 Å². The molecule has 0 saturated carbocycles. The van der Waals surface area contributed by atoms with Gasteiger partial charge in [0.25, 0.3) is 0 Å². The average molecular weight is 322 g/mol. The number of benzene rings is 1. The minimum absolute atomic E-state index is 0.128. The van der Waals surface area contributed by atoms with Crippen LogP contribution in [0.25, 0.3) is 0 Å². The maximum absolute atomic E-state index is 12.1. The molecule has 3 N–H and O–H groups in total. The van der Waals surface area contributed by atoms with Gasteiger partial charge in [0.1, 0.15) is 0 Å². The molecule has 1 aromatic rings. The average Bonchev–Trinajstić information content (AvgIpc) is 2.52. The van der Waals surface area contributed by atoms with Gasteiger partial charge in [-0.05, 0) is 30.5 Å². The summed E-state index contributed by atoms with van der Waals surface area (Å²) < 4.78 is 9.27. The van der Waals surface area contributed by atoms with E-state index in [0.29, 0.717) is 6.42 Å². The molecule has 23 heavy (non-hydrogen) atoms. The lowest BCUT2D eigenvalue weighted by molar-refractivity contribution is -0.117. The summed E-state index contributed by atoms with van der Waals surface area (Å²) in [4.78, 5) is 35.4. The van der Waals surface area contributed by atoms with Crippen molar-refractivity contribution in [1.29, 1.82) is 0 Å². The molecule has 7 nitrogen and oxygen atoms in total. The summed E-state index contributed by atoms with van der Waals surface area (Å²) in [5, 5.41) is 2.61. The highest BCUT2D eigenvalue weighted by Crippen LogP contribution is 2.18. The summed E-state index contributed by atoms with van der Waals surface area (Å²) in [5.74, 6) is -1.38. The van der Waals surface area contributed by atoms with Crippen LogP contribution in [-0.2, 0) is 14.3 Å². The number of nitrogens with one attached hydrogen (secondary N) is 1. The Morgan fingerprint density at radius 3 is 1.91 bits per heavy atom. The third kappa shape index (κ3) is 5.37. The summed E-state index contributed by atoms with van der Waals surface area (Å²) in [6.45, 7) is 3.92. The van der Waals surface area contributed by atoms with Gasteiger partial charge in [0.05, 0.1) is 31.4 Å². The summed E-state index contributed by atoms with van der Waals surface area (Å²) >= 11 is 0. The quantitative estimate of drug-likeness (QED) is 0.770. The lowest BCUT2D eigenvalue weighted by atomic mass is 10.0. The maximum atomic E-state index is 12.1. The first-order valence-corrected chi connectivity index (χ1v) is 7.16. The summed E-state index contributed by atoms with van der Waals surface area (Å²) in [6.07, 6.45) is 0.520. The van der Waals surface area contributed by atoms with E-state index in [0.717, 1.165) is 0 Å². The van der Waals surface area contributed by atoms with Crippen molar-refractivity contribution >= 4 is 23.5 Å². The van der Waals surface area contributed by atoms with Crippen LogP contribution in [0.2, 0.25) is 0 Å². The van der Waals surface area contributed by atoms with Crippen LogP contribution in [0.15, 0.2) is 18.2 Å². The zero-order valence-corrected chi connectivity index (χ0v) is 13.7. The number of ether oxygens (including phenoxy) is 2. The van der Waals surface area contributed by atoms with Gasteiger partial charge in [0, 0.05) is 5.69 Å². The molecule has 1 amide bonds. The van der Waals surface area contributed by atoms with E-state index in [1.54, 1.807) is 0 Å². The van der Waals surface area contributed by atoms with Gasteiger partial charge < -0.3 is 20.5 Å². The van der Waals surface area contributed by atoms with E-state index in [4.69, 9.17) is 5.73 Å². The van der Waals surface area contributed by atoms with Gasteiger partial charge in [0.2, 0.25) is 5.91 Å². The Morgan fingerprint density at radius 1 is 1.04 bits per heavy atom. The van der Waals surface area contributed by atoms with Crippen molar-refractivity contribution in [3.63, 3.8) is 0 Å². The molecule has 1 rings (SSSR count). The maximum Gasteiger partial charge on any atom is 0.337 e. The lowest BCUT2D eigenvalue weighted by Gasteiger charge is -2.15. The van der Waals surface area contributed by atoms with E-state index in [2.05, 4.69) is 14.8 Å². The van der Waals surface area contributed by atoms with Crippen molar-refractivity contribution in [2.75, 3.05) is 19.5 Å². The molecule has 1 atom stereocenters. The second-order valence-corrected chi connectivity index (χ2v) is 5.51. The molecule has 1 aromatic carbocycles.